The third-order valence-corrected chi connectivity index (χ3v) is 3.89. The number of nitrogens with one attached hydrogen (secondary N) is 2. The molecule has 1 saturated carbocycles. The van der Waals surface area contributed by atoms with Crippen LogP contribution in [-0.4, -0.2) is 40.6 Å². The van der Waals surface area contributed by atoms with E-state index in [1.165, 1.54) is 25.7 Å². The molecule has 1 aliphatic carbocycles. The Balaban J connectivity index is 2.18. The largest absolute Gasteiger partial charge is 0.354 e. The highest BCUT2D eigenvalue weighted by Crippen LogP contribution is 2.22. The van der Waals surface area contributed by atoms with Crippen LogP contribution in [-0.2, 0) is 0 Å². The van der Waals surface area contributed by atoms with Crippen molar-refractivity contribution in [3.05, 3.63) is 0 Å². The van der Waals surface area contributed by atoms with Gasteiger partial charge in [-0.05, 0) is 33.1 Å². The van der Waals surface area contributed by atoms with Crippen LogP contribution in [0, 0.1) is 0 Å². The third kappa shape index (κ3) is 4.44. The second-order valence-electron chi connectivity index (χ2n) is 5.51. The molecule has 0 spiro atoms. The standard InChI is InChI=1S/C15H28N6/c1-4-11-16-13-18-14(17-12-9-7-8-10-12)20-15(19-13)21(5-2)6-3/h12H,4-11H2,1-3H3,(H2,16,17,18,19,20). The summed E-state index contributed by atoms with van der Waals surface area (Å²) in [6, 6.07) is 0.510. The molecule has 0 aromatic carbocycles. The maximum absolute atomic E-state index is 4.60. The minimum absolute atomic E-state index is 0.510. The van der Waals surface area contributed by atoms with Gasteiger partial charge in [-0.25, -0.2) is 0 Å². The molecule has 1 fully saturated rings. The van der Waals surface area contributed by atoms with Crippen molar-refractivity contribution in [1.29, 1.82) is 0 Å². The number of hydrogen-bond acceptors (Lipinski definition) is 6. The molecule has 0 bridgehead atoms. The number of nitrogens with zero attached hydrogens (tertiary/aromatic N) is 4. The molecule has 2 N–H and O–H groups in total. The topological polar surface area (TPSA) is 66.0 Å². The van der Waals surface area contributed by atoms with Crippen LogP contribution in [0.2, 0.25) is 0 Å². The highest BCUT2D eigenvalue weighted by Gasteiger charge is 2.17. The lowest BCUT2D eigenvalue weighted by Gasteiger charge is -2.20. The smallest absolute Gasteiger partial charge is 0.231 e. The predicted octanol–water partition coefficient (Wildman–Crippen LogP) is 2.89. The van der Waals surface area contributed by atoms with Gasteiger partial charge >= 0.3 is 0 Å². The van der Waals surface area contributed by atoms with Crippen LogP contribution < -0.4 is 15.5 Å². The quantitative estimate of drug-likeness (QED) is 0.768. The van der Waals surface area contributed by atoms with Crippen LogP contribution in [0.25, 0.3) is 0 Å². The number of anilines is 3. The van der Waals surface area contributed by atoms with Crippen molar-refractivity contribution in [3.8, 4) is 0 Å². The lowest BCUT2D eigenvalue weighted by atomic mass is 10.3. The van der Waals surface area contributed by atoms with Gasteiger partial charge in [0.1, 0.15) is 0 Å². The molecule has 118 valence electrons. The molecule has 21 heavy (non-hydrogen) atoms. The molecule has 0 radical (unpaired) electrons. The second kappa shape index (κ2) is 8.00. The molecular formula is C15H28N6. The fourth-order valence-electron chi connectivity index (χ4n) is 2.65. The number of hydrogen-bond donors (Lipinski definition) is 2. The number of aromatic nitrogens is 3. The lowest BCUT2D eigenvalue weighted by Crippen LogP contribution is -2.26. The summed E-state index contributed by atoms with van der Waals surface area (Å²) in [5.41, 5.74) is 0. The first-order valence-electron chi connectivity index (χ1n) is 8.28. The van der Waals surface area contributed by atoms with Crippen LogP contribution in [0.15, 0.2) is 0 Å². The summed E-state index contributed by atoms with van der Waals surface area (Å²) in [5, 5.41) is 6.75. The van der Waals surface area contributed by atoms with Gasteiger partial charge in [0.05, 0.1) is 0 Å². The highest BCUT2D eigenvalue weighted by atomic mass is 15.3. The molecule has 0 aliphatic heterocycles. The molecule has 0 amide bonds. The van der Waals surface area contributed by atoms with Crippen LogP contribution in [0.1, 0.15) is 52.9 Å². The first kappa shape index (κ1) is 15.8. The van der Waals surface area contributed by atoms with Crippen molar-refractivity contribution in [2.75, 3.05) is 35.2 Å². The summed E-state index contributed by atoms with van der Waals surface area (Å²) in [7, 11) is 0. The van der Waals surface area contributed by atoms with Crippen molar-refractivity contribution < 1.29 is 0 Å². The van der Waals surface area contributed by atoms with Crippen molar-refractivity contribution in [3.63, 3.8) is 0 Å². The number of rotatable bonds is 8. The van der Waals surface area contributed by atoms with Crippen LogP contribution >= 0.6 is 0 Å². The monoisotopic (exact) mass is 292 g/mol. The van der Waals surface area contributed by atoms with E-state index in [1.54, 1.807) is 0 Å². The Morgan fingerprint density at radius 3 is 2.29 bits per heavy atom. The summed E-state index contributed by atoms with van der Waals surface area (Å²) >= 11 is 0. The molecular weight excluding hydrogens is 264 g/mol. The SMILES string of the molecule is CCCNc1nc(NC2CCCC2)nc(N(CC)CC)n1. The van der Waals surface area contributed by atoms with Gasteiger partial charge in [0, 0.05) is 25.7 Å². The Bertz CT molecular complexity index is 426. The van der Waals surface area contributed by atoms with Crippen molar-refractivity contribution in [2.45, 2.75) is 58.9 Å². The Hall–Kier alpha value is -1.59. The fourth-order valence-corrected chi connectivity index (χ4v) is 2.65. The molecule has 0 atom stereocenters. The van der Waals surface area contributed by atoms with Gasteiger partial charge in [-0.1, -0.05) is 19.8 Å². The van der Waals surface area contributed by atoms with Gasteiger partial charge < -0.3 is 15.5 Å². The van der Waals surface area contributed by atoms with Crippen LogP contribution in [0.5, 0.6) is 0 Å². The molecule has 6 heteroatoms. The Labute approximate surface area is 127 Å². The molecule has 6 nitrogen and oxygen atoms in total. The van der Waals surface area contributed by atoms with Gasteiger partial charge in [0.25, 0.3) is 0 Å². The molecule has 1 aliphatic rings. The third-order valence-electron chi connectivity index (χ3n) is 3.89. The minimum atomic E-state index is 0.510. The summed E-state index contributed by atoms with van der Waals surface area (Å²) in [6.45, 7) is 9.06. The summed E-state index contributed by atoms with van der Waals surface area (Å²) in [5.74, 6) is 2.14. The average Bonchev–Trinajstić information content (AvgIpc) is 2.99. The van der Waals surface area contributed by atoms with Gasteiger partial charge in [-0.2, -0.15) is 15.0 Å². The van der Waals surface area contributed by atoms with E-state index in [4.69, 9.17) is 0 Å². The lowest BCUT2D eigenvalue weighted by molar-refractivity contribution is 0.737. The van der Waals surface area contributed by atoms with Crippen molar-refractivity contribution in [2.24, 2.45) is 0 Å². The van der Waals surface area contributed by atoms with E-state index >= 15 is 0 Å². The maximum atomic E-state index is 4.60. The maximum Gasteiger partial charge on any atom is 0.231 e. The van der Waals surface area contributed by atoms with E-state index in [1.807, 2.05) is 0 Å². The van der Waals surface area contributed by atoms with E-state index in [0.717, 1.165) is 32.0 Å². The van der Waals surface area contributed by atoms with Crippen molar-refractivity contribution in [1.82, 2.24) is 15.0 Å². The summed E-state index contributed by atoms with van der Waals surface area (Å²) in [4.78, 5) is 15.8. The van der Waals surface area contributed by atoms with Crippen molar-refractivity contribution >= 4 is 17.8 Å². The van der Waals surface area contributed by atoms with E-state index in [-0.39, 0.29) is 0 Å². The molecule has 2 rings (SSSR count). The zero-order chi connectivity index (χ0) is 15.1. The van der Waals surface area contributed by atoms with Crippen LogP contribution in [0.4, 0.5) is 17.8 Å². The fraction of sp³-hybridized carbons (Fsp3) is 0.800. The van der Waals surface area contributed by atoms with Gasteiger partial charge in [0.2, 0.25) is 17.8 Å². The summed E-state index contributed by atoms with van der Waals surface area (Å²) < 4.78 is 0. The second-order valence-corrected chi connectivity index (χ2v) is 5.51. The van der Waals surface area contributed by atoms with E-state index in [2.05, 4.69) is 51.3 Å². The van der Waals surface area contributed by atoms with E-state index in [0.29, 0.717) is 17.9 Å². The van der Waals surface area contributed by atoms with Gasteiger partial charge in [0.15, 0.2) is 0 Å². The molecule has 1 aromatic heterocycles. The zero-order valence-electron chi connectivity index (χ0n) is 13.5. The normalized spacial score (nSPS) is 15.2. The van der Waals surface area contributed by atoms with Gasteiger partial charge in [-0.3, -0.25) is 0 Å². The Kier molecular flexibility index (Phi) is 6.02. The molecule has 0 saturated heterocycles. The Morgan fingerprint density at radius 2 is 1.67 bits per heavy atom. The Morgan fingerprint density at radius 1 is 1.00 bits per heavy atom. The first-order chi connectivity index (χ1) is 10.3. The average molecular weight is 292 g/mol. The molecule has 1 heterocycles. The van der Waals surface area contributed by atoms with Crippen LogP contribution in [0.3, 0.4) is 0 Å². The predicted molar refractivity (Wildman–Crippen MR) is 88.0 cm³/mol. The zero-order valence-corrected chi connectivity index (χ0v) is 13.5. The van der Waals surface area contributed by atoms with E-state index < -0.39 is 0 Å². The summed E-state index contributed by atoms with van der Waals surface area (Å²) in [6.07, 6.45) is 6.07. The minimum Gasteiger partial charge on any atom is -0.354 e. The van der Waals surface area contributed by atoms with Gasteiger partial charge in [-0.15, -0.1) is 0 Å². The highest BCUT2D eigenvalue weighted by molar-refractivity contribution is 5.44. The molecule has 1 aromatic rings. The van der Waals surface area contributed by atoms with E-state index in [9.17, 15) is 0 Å². The first-order valence-corrected chi connectivity index (χ1v) is 8.28. The molecule has 0 unspecified atom stereocenters.